The van der Waals surface area contributed by atoms with Gasteiger partial charge >= 0.3 is 0 Å². The van der Waals surface area contributed by atoms with Crippen molar-refractivity contribution in [1.29, 1.82) is 0 Å². The van der Waals surface area contributed by atoms with Crippen LogP contribution in [0.15, 0.2) is 12.6 Å². The molecule has 0 saturated heterocycles. The molecule has 0 aliphatic heterocycles. The van der Waals surface area contributed by atoms with Gasteiger partial charge in [0.1, 0.15) is 0 Å². The fourth-order valence-corrected chi connectivity index (χ4v) is 2.24. The van der Waals surface area contributed by atoms with Crippen molar-refractivity contribution in [1.82, 2.24) is 0 Å². The van der Waals surface area contributed by atoms with Crippen LogP contribution in [-0.4, -0.2) is 0 Å². The molecule has 0 spiro atoms. The normalized spacial score (nSPS) is 10.0. The standard InChI is InChI=1S/C10H14S/c1-4-8-7-9(5-2)11-10(8)6-3/h5,7H,2,4,6H2,1,3H3. The van der Waals surface area contributed by atoms with E-state index >= 15 is 0 Å². The Morgan fingerprint density at radius 2 is 2.18 bits per heavy atom. The van der Waals surface area contributed by atoms with E-state index in [4.69, 9.17) is 0 Å². The third-order valence-electron chi connectivity index (χ3n) is 1.82. The lowest BCUT2D eigenvalue weighted by Gasteiger charge is -1.92. The van der Waals surface area contributed by atoms with E-state index < -0.39 is 0 Å². The summed E-state index contributed by atoms with van der Waals surface area (Å²) in [6, 6.07) is 2.25. The van der Waals surface area contributed by atoms with Crippen LogP contribution in [0.3, 0.4) is 0 Å². The van der Waals surface area contributed by atoms with Crippen molar-refractivity contribution >= 4 is 17.4 Å². The van der Waals surface area contributed by atoms with Gasteiger partial charge in [0.25, 0.3) is 0 Å². The zero-order valence-electron chi connectivity index (χ0n) is 7.18. The van der Waals surface area contributed by atoms with Crippen LogP contribution in [0, 0.1) is 0 Å². The second-order valence-corrected chi connectivity index (χ2v) is 3.68. The van der Waals surface area contributed by atoms with Crippen molar-refractivity contribution in [3.63, 3.8) is 0 Å². The molecule has 0 amide bonds. The molecule has 1 heteroatoms. The zero-order chi connectivity index (χ0) is 8.27. The van der Waals surface area contributed by atoms with Crippen molar-refractivity contribution < 1.29 is 0 Å². The van der Waals surface area contributed by atoms with Crippen LogP contribution in [0.25, 0.3) is 6.08 Å². The molecule has 1 heterocycles. The first-order valence-electron chi connectivity index (χ1n) is 4.05. The summed E-state index contributed by atoms with van der Waals surface area (Å²) < 4.78 is 0. The largest absolute Gasteiger partial charge is 0.141 e. The Morgan fingerprint density at radius 3 is 2.55 bits per heavy atom. The summed E-state index contributed by atoms with van der Waals surface area (Å²) in [4.78, 5) is 2.82. The Labute approximate surface area is 72.6 Å². The molecule has 0 aliphatic carbocycles. The third kappa shape index (κ3) is 1.72. The predicted molar refractivity (Wildman–Crippen MR) is 53.2 cm³/mol. The first-order chi connectivity index (χ1) is 5.31. The van der Waals surface area contributed by atoms with E-state index in [-0.39, 0.29) is 0 Å². The molecule has 60 valence electrons. The van der Waals surface area contributed by atoms with Crippen molar-refractivity contribution in [2.75, 3.05) is 0 Å². The second-order valence-electron chi connectivity index (χ2n) is 2.51. The topological polar surface area (TPSA) is 0 Å². The molecule has 0 saturated carbocycles. The van der Waals surface area contributed by atoms with Gasteiger partial charge in [0.05, 0.1) is 0 Å². The summed E-state index contributed by atoms with van der Waals surface area (Å²) in [5, 5.41) is 0. The fourth-order valence-electron chi connectivity index (χ4n) is 1.19. The number of aryl methyl sites for hydroxylation is 2. The van der Waals surface area contributed by atoms with Crippen LogP contribution in [0.1, 0.15) is 29.2 Å². The maximum atomic E-state index is 3.76. The van der Waals surface area contributed by atoms with Crippen LogP contribution in [0.4, 0.5) is 0 Å². The van der Waals surface area contributed by atoms with Gasteiger partial charge in [-0.1, -0.05) is 26.5 Å². The SMILES string of the molecule is C=Cc1cc(CC)c(CC)s1. The zero-order valence-corrected chi connectivity index (χ0v) is 8.00. The predicted octanol–water partition coefficient (Wildman–Crippen LogP) is 3.52. The molecule has 0 radical (unpaired) electrons. The third-order valence-corrected chi connectivity index (χ3v) is 3.14. The molecule has 11 heavy (non-hydrogen) atoms. The van der Waals surface area contributed by atoms with Crippen LogP contribution in [0.5, 0.6) is 0 Å². The highest BCUT2D eigenvalue weighted by Crippen LogP contribution is 2.24. The fraction of sp³-hybridized carbons (Fsp3) is 0.400. The van der Waals surface area contributed by atoms with Gasteiger partial charge in [0.15, 0.2) is 0 Å². The summed E-state index contributed by atoms with van der Waals surface area (Å²) in [6.07, 6.45) is 4.23. The monoisotopic (exact) mass is 166 g/mol. The van der Waals surface area contributed by atoms with Crippen LogP contribution in [-0.2, 0) is 12.8 Å². The summed E-state index contributed by atoms with van der Waals surface area (Å²) in [5.74, 6) is 0. The average Bonchev–Trinajstić information content (AvgIpc) is 2.46. The number of thiophene rings is 1. The Hall–Kier alpha value is -0.560. The highest BCUT2D eigenvalue weighted by Gasteiger charge is 2.02. The quantitative estimate of drug-likeness (QED) is 0.644. The molecule has 1 aromatic rings. The van der Waals surface area contributed by atoms with Crippen molar-refractivity contribution in [3.8, 4) is 0 Å². The minimum Gasteiger partial charge on any atom is -0.141 e. The van der Waals surface area contributed by atoms with Gasteiger partial charge < -0.3 is 0 Å². The average molecular weight is 166 g/mol. The molecule has 1 rings (SSSR count). The van der Waals surface area contributed by atoms with Gasteiger partial charge in [-0.05, 0) is 24.5 Å². The van der Waals surface area contributed by atoms with E-state index in [0.717, 1.165) is 12.8 Å². The Kier molecular flexibility index (Phi) is 2.89. The summed E-state index contributed by atoms with van der Waals surface area (Å²) in [6.45, 7) is 8.17. The van der Waals surface area contributed by atoms with E-state index in [1.807, 2.05) is 17.4 Å². The maximum absolute atomic E-state index is 3.76. The molecule has 0 unspecified atom stereocenters. The highest BCUT2D eigenvalue weighted by molar-refractivity contribution is 7.13. The molecule has 0 aliphatic rings. The first kappa shape index (κ1) is 8.54. The Bertz CT molecular complexity index is 224. The molecule has 0 nitrogen and oxygen atoms in total. The van der Waals surface area contributed by atoms with Crippen LogP contribution in [0.2, 0.25) is 0 Å². The van der Waals surface area contributed by atoms with E-state index in [9.17, 15) is 0 Å². The molecular weight excluding hydrogens is 152 g/mol. The maximum Gasteiger partial charge on any atom is 0.0270 e. The van der Waals surface area contributed by atoms with Crippen molar-refractivity contribution in [2.45, 2.75) is 26.7 Å². The van der Waals surface area contributed by atoms with Gasteiger partial charge in [-0.15, -0.1) is 11.3 Å². The molecule has 0 bridgehead atoms. The minimum atomic E-state index is 1.15. The van der Waals surface area contributed by atoms with E-state index in [1.165, 1.54) is 15.3 Å². The van der Waals surface area contributed by atoms with E-state index in [0.29, 0.717) is 0 Å². The number of rotatable bonds is 3. The Morgan fingerprint density at radius 1 is 1.45 bits per heavy atom. The molecule has 1 aromatic heterocycles. The molecular formula is C10H14S. The molecule has 0 aromatic carbocycles. The second kappa shape index (κ2) is 3.72. The smallest absolute Gasteiger partial charge is 0.0270 e. The van der Waals surface area contributed by atoms with Crippen molar-refractivity contribution in [2.24, 2.45) is 0 Å². The molecule has 0 fully saturated rings. The lowest BCUT2D eigenvalue weighted by Crippen LogP contribution is -1.80. The summed E-state index contributed by atoms with van der Waals surface area (Å²) in [5.41, 5.74) is 1.49. The van der Waals surface area contributed by atoms with Crippen LogP contribution >= 0.6 is 11.3 Å². The minimum absolute atomic E-state index is 1.15. The Balaban J connectivity index is 3.01. The van der Waals surface area contributed by atoms with Crippen molar-refractivity contribution in [3.05, 3.63) is 28.0 Å². The lowest BCUT2D eigenvalue weighted by molar-refractivity contribution is 1.07. The molecule has 0 N–H and O–H groups in total. The number of hydrogen-bond donors (Lipinski definition) is 0. The highest BCUT2D eigenvalue weighted by atomic mass is 32.1. The van der Waals surface area contributed by atoms with Gasteiger partial charge in [0, 0.05) is 9.75 Å². The van der Waals surface area contributed by atoms with E-state index in [2.05, 4.69) is 26.5 Å². The van der Waals surface area contributed by atoms with Gasteiger partial charge in [-0.2, -0.15) is 0 Å². The summed E-state index contributed by atoms with van der Waals surface area (Å²) in [7, 11) is 0. The number of hydrogen-bond acceptors (Lipinski definition) is 1. The lowest BCUT2D eigenvalue weighted by atomic mass is 10.1. The first-order valence-corrected chi connectivity index (χ1v) is 4.87. The van der Waals surface area contributed by atoms with Crippen LogP contribution < -0.4 is 0 Å². The van der Waals surface area contributed by atoms with Gasteiger partial charge in [-0.25, -0.2) is 0 Å². The van der Waals surface area contributed by atoms with Gasteiger partial charge in [0.2, 0.25) is 0 Å². The van der Waals surface area contributed by atoms with Gasteiger partial charge in [-0.3, -0.25) is 0 Å². The molecule has 0 atom stereocenters. The summed E-state index contributed by atoms with van der Waals surface area (Å²) >= 11 is 1.87. The van der Waals surface area contributed by atoms with E-state index in [1.54, 1.807) is 0 Å².